The van der Waals surface area contributed by atoms with Crippen molar-refractivity contribution in [1.29, 1.82) is 0 Å². The van der Waals surface area contributed by atoms with Gasteiger partial charge < -0.3 is 18.9 Å². The fourth-order valence-corrected chi connectivity index (χ4v) is 1.37. The molecule has 0 bridgehead atoms. The number of ketones is 1. The first-order valence-electron chi connectivity index (χ1n) is 6.09. The minimum absolute atomic E-state index is 0.0560. The van der Waals surface area contributed by atoms with Crippen molar-refractivity contribution >= 4 is 5.78 Å². The summed E-state index contributed by atoms with van der Waals surface area (Å²) in [6.45, 7) is 1.99. The molecule has 106 valence electrons. The van der Waals surface area contributed by atoms with Crippen molar-refractivity contribution in [2.75, 3.05) is 47.3 Å². The van der Waals surface area contributed by atoms with Gasteiger partial charge in [-0.15, -0.1) is 0 Å². The lowest BCUT2D eigenvalue weighted by Gasteiger charge is -2.06. The molecule has 0 spiro atoms. The molecule has 0 aliphatic rings. The molecule has 0 fully saturated rings. The zero-order valence-corrected chi connectivity index (χ0v) is 11.4. The van der Waals surface area contributed by atoms with Crippen LogP contribution >= 0.6 is 0 Å². The van der Waals surface area contributed by atoms with E-state index in [2.05, 4.69) is 0 Å². The number of hydrogen-bond donors (Lipinski definition) is 0. The third kappa shape index (κ3) is 6.33. The third-order valence-corrected chi connectivity index (χ3v) is 2.40. The molecule has 0 aromatic heterocycles. The van der Waals surface area contributed by atoms with E-state index >= 15 is 0 Å². The maximum atomic E-state index is 11.8. The van der Waals surface area contributed by atoms with Gasteiger partial charge in [0.25, 0.3) is 0 Å². The fraction of sp³-hybridized carbons (Fsp3) is 0.500. The summed E-state index contributed by atoms with van der Waals surface area (Å²) < 4.78 is 20.3. The van der Waals surface area contributed by atoms with E-state index < -0.39 is 0 Å². The first-order valence-corrected chi connectivity index (χ1v) is 6.09. The van der Waals surface area contributed by atoms with Gasteiger partial charge in [0, 0.05) is 19.8 Å². The van der Waals surface area contributed by atoms with Gasteiger partial charge in [0.2, 0.25) is 0 Å². The molecule has 19 heavy (non-hydrogen) atoms. The summed E-state index contributed by atoms with van der Waals surface area (Å²) in [4.78, 5) is 11.8. The van der Waals surface area contributed by atoms with Gasteiger partial charge in [0.05, 0.1) is 19.8 Å². The van der Waals surface area contributed by atoms with Crippen LogP contribution < -0.4 is 4.74 Å². The first kappa shape index (κ1) is 15.6. The van der Waals surface area contributed by atoms with Gasteiger partial charge in [-0.3, -0.25) is 4.79 Å². The second-order valence-electron chi connectivity index (χ2n) is 3.83. The Hall–Kier alpha value is -1.43. The molecule has 0 aliphatic carbocycles. The number of benzene rings is 1. The van der Waals surface area contributed by atoms with Gasteiger partial charge >= 0.3 is 0 Å². The molecule has 1 rings (SSSR count). The van der Waals surface area contributed by atoms with Crippen LogP contribution in [0, 0.1) is 0 Å². The summed E-state index contributed by atoms with van der Waals surface area (Å²) in [5, 5.41) is 0. The quantitative estimate of drug-likeness (QED) is 0.476. The van der Waals surface area contributed by atoms with E-state index in [9.17, 15) is 4.79 Å². The Morgan fingerprint density at radius 3 is 2.21 bits per heavy atom. The molecule has 0 atom stereocenters. The van der Waals surface area contributed by atoms with Crippen LogP contribution in [0.3, 0.4) is 0 Å². The van der Waals surface area contributed by atoms with E-state index in [0.29, 0.717) is 37.7 Å². The second-order valence-corrected chi connectivity index (χ2v) is 3.83. The van der Waals surface area contributed by atoms with Crippen LogP contribution in [-0.4, -0.2) is 53.0 Å². The van der Waals surface area contributed by atoms with E-state index in [-0.39, 0.29) is 12.4 Å². The number of hydrogen-bond acceptors (Lipinski definition) is 5. The maximum absolute atomic E-state index is 11.8. The topological polar surface area (TPSA) is 54.0 Å². The lowest BCUT2D eigenvalue weighted by molar-refractivity contribution is 0.0577. The van der Waals surface area contributed by atoms with Gasteiger partial charge in [0.1, 0.15) is 19.0 Å². The predicted octanol–water partition coefficient (Wildman–Crippen LogP) is 1.56. The van der Waals surface area contributed by atoms with E-state index in [4.69, 9.17) is 18.9 Å². The highest BCUT2D eigenvalue weighted by atomic mass is 16.5. The smallest absolute Gasteiger partial charge is 0.188 e. The van der Waals surface area contributed by atoms with E-state index in [1.165, 1.54) is 0 Å². The van der Waals surface area contributed by atoms with Crippen LogP contribution in [0.5, 0.6) is 5.75 Å². The minimum Gasteiger partial charge on any atom is -0.491 e. The average molecular weight is 268 g/mol. The number of ether oxygens (including phenoxy) is 4. The molecule has 0 unspecified atom stereocenters. The minimum atomic E-state index is -0.0560. The summed E-state index contributed by atoms with van der Waals surface area (Å²) in [7, 11) is 3.21. The van der Waals surface area contributed by atoms with Gasteiger partial charge in [-0.25, -0.2) is 0 Å². The molecule has 0 heterocycles. The summed E-state index contributed by atoms with van der Waals surface area (Å²) in [5.74, 6) is 0.661. The largest absolute Gasteiger partial charge is 0.491 e. The zero-order chi connectivity index (χ0) is 13.9. The highest BCUT2D eigenvalue weighted by Crippen LogP contribution is 2.12. The molecular formula is C14H20O5. The van der Waals surface area contributed by atoms with Gasteiger partial charge in [-0.1, -0.05) is 0 Å². The Kier molecular flexibility index (Phi) is 7.81. The molecule has 0 radical (unpaired) electrons. The highest BCUT2D eigenvalue weighted by Gasteiger charge is 2.06. The molecule has 0 N–H and O–H groups in total. The van der Waals surface area contributed by atoms with Crippen LogP contribution in [0.4, 0.5) is 0 Å². The van der Waals surface area contributed by atoms with E-state index in [0.717, 1.165) is 0 Å². The van der Waals surface area contributed by atoms with E-state index in [1.54, 1.807) is 38.5 Å². The zero-order valence-electron chi connectivity index (χ0n) is 11.4. The lowest BCUT2D eigenvalue weighted by atomic mass is 10.1. The number of carbonyl (C=O) groups is 1. The fourth-order valence-electron chi connectivity index (χ4n) is 1.37. The summed E-state index contributed by atoms with van der Waals surface area (Å²) >= 11 is 0. The molecular weight excluding hydrogens is 248 g/mol. The number of Topliss-reactive ketones (excluding diaryl/α,β-unsaturated/α-hetero) is 1. The molecule has 0 saturated carbocycles. The van der Waals surface area contributed by atoms with Crippen LogP contribution in [-0.2, 0) is 14.2 Å². The normalized spacial score (nSPS) is 10.4. The predicted molar refractivity (Wildman–Crippen MR) is 70.8 cm³/mol. The van der Waals surface area contributed by atoms with E-state index in [1.807, 2.05) is 0 Å². The maximum Gasteiger partial charge on any atom is 0.188 e. The Morgan fingerprint density at radius 2 is 1.58 bits per heavy atom. The van der Waals surface area contributed by atoms with Crippen LogP contribution in [0.1, 0.15) is 10.4 Å². The second kappa shape index (κ2) is 9.49. The van der Waals surface area contributed by atoms with Gasteiger partial charge in [-0.05, 0) is 24.3 Å². The molecule has 0 amide bonds. The molecule has 5 nitrogen and oxygen atoms in total. The monoisotopic (exact) mass is 268 g/mol. The lowest BCUT2D eigenvalue weighted by Crippen LogP contribution is -2.12. The molecule has 0 aliphatic heterocycles. The van der Waals surface area contributed by atoms with Crippen LogP contribution in [0.2, 0.25) is 0 Å². The van der Waals surface area contributed by atoms with Crippen LogP contribution in [0.25, 0.3) is 0 Å². The molecule has 5 heteroatoms. The van der Waals surface area contributed by atoms with Crippen molar-refractivity contribution in [3.63, 3.8) is 0 Å². The Bertz CT molecular complexity index is 361. The van der Waals surface area contributed by atoms with Crippen molar-refractivity contribution in [2.45, 2.75) is 0 Å². The SMILES string of the molecule is COCCOCC(=O)c1ccc(OCCOC)cc1. The summed E-state index contributed by atoms with van der Waals surface area (Å²) in [5.41, 5.74) is 0.608. The molecule has 1 aromatic rings. The Morgan fingerprint density at radius 1 is 0.947 bits per heavy atom. The molecule has 1 aromatic carbocycles. The number of carbonyl (C=O) groups excluding carboxylic acids is 1. The van der Waals surface area contributed by atoms with Crippen molar-refractivity contribution in [2.24, 2.45) is 0 Å². The van der Waals surface area contributed by atoms with Gasteiger partial charge in [-0.2, -0.15) is 0 Å². The van der Waals surface area contributed by atoms with Crippen molar-refractivity contribution in [1.82, 2.24) is 0 Å². The van der Waals surface area contributed by atoms with Crippen molar-refractivity contribution in [3.8, 4) is 5.75 Å². The average Bonchev–Trinajstić information content (AvgIpc) is 2.44. The van der Waals surface area contributed by atoms with Crippen molar-refractivity contribution in [3.05, 3.63) is 29.8 Å². The number of methoxy groups -OCH3 is 2. The summed E-state index contributed by atoms with van der Waals surface area (Å²) in [6, 6.07) is 6.98. The summed E-state index contributed by atoms with van der Waals surface area (Å²) in [6.07, 6.45) is 0. The standard InChI is InChI=1S/C14H20O5/c1-16-7-9-18-11-14(15)12-3-5-13(6-4-12)19-10-8-17-2/h3-6H,7-11H2,1-2H3. The molecule has 0 saturated heterocycles. The Labute approximate surface area is 113 Å². The first-order chi connectivity index (χ1) is 9.27. The van der Waals surface area contributed by atoms with Gasteiger partial charge in [0.15, 0.2) is 5.78 Å². The third-order valence-electron chi connectivity index (χ3n) is 2.40. The van der Waals surface area contributed by atoms with Crippen LogP contribution in [0.15, 0.2) is 24.3 Å². The number of rotatable bonds is 10. The van der Waals surface area contributed by atoms with Crippen molar-refractivity contribution < 1.29 is 23.7 Å². The highest BCUT2D eigenvalue weighted by molar-refractivity contribution is 5.97. The Balaban J connectivity index is 2.35.